The lowest BCUT2D eigenvalue weighted by molar-refractivity contribution is -0.192. The molecule has 0 aromatic carbocycles. The summed E-state index contributed by atoms with van der Waals surface area (Å²) in [5.74, 6) is -2.59. The molecule has 0 saturated heterocycles. The third-order valence-electron chi connectivity index (χ3n) is 7.07. The van der Waals surface area contributed by atoms with Crippen molar-refractivity contribution in [1.29, 1.82) is 0 Å². The minimum atomic E-state index is -5.08. The molecule has 0 radical (unpaired) electrons. The molecule has 2 aromatic heterocycles. The highest BCUT2D eigenvalue weighted by atomic mass is 19.4. The Morgan fingerprint density at radius 2 is 1.81 bits per heavy atom. The first kappa shape index (κ1) is 23.9. The molecule has 1 saturated carbocycles. The van der Waals surface area contributed by atoms with Crippen LogP contribution in [0.25, 0.3) is 0 Å². The molecule has 2 N–H and O–H groups in total. The van der Waals surface area contributed by atoms with E-state index in [-0.39, 0.29) is 34.4 Å². The van der Waals surface area contributed by atoms with Crippen LogP contribution in [0.15, 0.2) is 11.0 Å². The van der Waals surface area contributed by atoms with Gasteiger partial charge in [0.15, 0.2) is 0 Å². The van der Waals surface area contributed by atoms with Crippen LogP contribution in [0.5, 0.6) is 0 Å². The Bertz CT molecular complexity index is 1110. The lowest BCUT2D eigenvalue weighted by Gasteiger charge is -2.36. The fourth-order valence-electron chi connectivity index (χ4n) is 5.08. The topological polar surface area (TPSA) is 92.9 Å². The summed E-state index contributed by atoms with van der Waals surface area (Å²) in [6.07, 6.45) is -6.51. The van der Waals surface area contributed by atoms with Gasteiger partial charge in [-0.25, -0.2) is 9.48 Å². The molecular formula is C19H22F6N4O3. The summed E-state index contributed by atoms with van der Waals surface area (Å²) < 4.78 is 74.2. The van der Waals surface area contributed by atoms with Crippen LogP contribution in [0, 0.1) is 5.41 Å². The van der Waals surface area contributed by atoms with Crippen LogP contribution in [-0.4, -0.2) is 36.8 Å². The summed E-state index contributed by atoms with van der Waals surface area (Å²) in [6.45, 7) is 6.40. The first-order valence-corrected chi connectivity index (χ1v) is 9.64. The molecule has 7 nitrogen and oxygen atoms in total. The first-order chi connectivity index (χ1) is 14.4. The van der Waals surface area contributed by atoms with Crippen LogP contribution in [0.1, 0.15) is 62.0 Å². The third-order valence-corrected chi connectivity index (χ3v) is 7.07. The molecule has 2 aliphatic carbocycles. The van der Waals surface area contributed by atoms with E-state index in [0.29, 0.717) is 0 Å². The monoisotopic (exact) mass is 468 g/mol. The number of fused-ring (bicyclic) bond motifs is 5. The van der Waals surface area contributed by atoms with Gasteiger partial charge in [0, 0.05) is 23.6 Å². The Balaban J connectivity index is 0.000000360. The predicted octanol–water partition coefficient (Wildman–Crippen LogP) is 3.79. The number of nitrogens with zero attached hydrogens (tertiary/aromatic N) is 3. The average Bonchev–Trinajstić information content (AvgIpc) is 3.31. The largest absolute Gasteiger partial charge is 0.490 e. The first-order valence-electron chi connectivity index (χ1n) is 9.64. The number of aromatic nitrogens is 4. The predicted molar refractivity (Wildman–Crippen MR) is 99.2 cm³/mol. The Labute approximate surface area is 178 Å². The molecule has 178 valence electrons. The van der Waals surface area contributed by atoms with Gasteiger partial charge in [0.25, 0.3) is 5.56 Å². The van der Waals surface area contributed by atoms with Crippen molar-refractivity contribution in [2.75, 3.05) is 0 Å². The van der Waals surface area contributed by atoms with Crippen molar-refractivity contribution in [2.24, 2.45) is 12.5 Å². The molecule has 32 heavy (non-hydrogen) atoms. The lowest BCUT2D eigenvalue weighted by Crippen LogP contribution is -2.35. The van der Waals surface area contributed by atoms with Crippen LogP contribution in [0.3, 0.4) is 0 Å². The maximum absolute atomic E-state index is 13.1. The second-order valence-electron chi connectivity index (χ2n) is 8.86. The van der Waals surface area contributed by atoms with Crippen molar-refractivity contribution in [3.63, 3.8) is 0 Å². The van der Waals surface area contributed by atoms with Crippen molar-refractivity contribution in [2.45, 2.75) is 63.8 Å². The number of rotatable bonds is 2. The Hall–Kier alpha value is -2.73. The van der Waals surface area contributed by atoms with Crippen molar-refractivity contribution in [3.05, 3.63) is 39.1 Å². The van der Waals surface area contributed by atoms with Gasteiger partial charge < -0.3 is 5.11 Å². The van der Waals surface area contributed by atoms with Gasteiger partial charge in [-0.15, -0.1) is 0 Å². The zero-order valence-corrected chi connectivity index (χ0v) is 17.6. The van der Waals surface area contributed by atoms with Gasteiger partial charge in [-0.1, -0.05) is 20.8 Å². The molecule has 13 heteroatoms. The summed E-state index contributed by atoms with van der Waals surface area (Å²) in [7, 11) is 1.77. The molecular weight excluding hydrogens is 446 g/mol. The molecule has 2 aliphatic rings. The Morgan fingerprint density at radius 1 is 1.25 bits per heavy atom. The second kappa shape index (κ2) is 7.14. The number of carboxylic acids is 1. The van der Waals surface area contributed by atoms with Gasteiger partial charge in [0.05, 0.1) is 18.4 Å². The van der Waals surface area contributed by atoms with Crippen molar-refractivity contribution in [1.82, 2.24) is 19.6 Å². The molecule has 2 bridgehead atoms. The fraction of sp³-hybridized carbons (Fsp3) is 0.632. The SMILES string of the molecule is Cn1c2c(c(=O)n1Cc1cn[nH]c1C(F)(F)F)[C@H]1CC[C@]2(C)C1(C)C.O=C(O)C(F)(F)F. The summed E-state index contributed by atoms with van der Waals surface area (Å²) in [5.41, 5.74) is 0.541. The number of H-pyrrole nitrogens is 1. The van der Waals surface area contributed by atoms with Crippen molar-refractivity contribution >= 4 is 5.97 Å². The van der Waals surface area contributed by atoms with Gasteiger partial charge >= 0.3 is 18.3 Å². The van der Waals surface area contributed by atoms with E-state index in [1.54, 1.807) is 11.7 Å². The van der Waals surface area contributed by atoms with E-state index in [1.807, 2.05) is 5.10 Å². The van der Waals surface area contributed by atoms with E-state index in [1.165, 1.54) is 4.68 Å². The number of alkyl halides is 6. The molecule has 2 atom stereocenters. The molecule has 4 rings (SSSR count). The average molecular weight is 468 g/mol. The normalized spacial score (nSPS) is 23.6. The van der Waals surface area contributed by atoms with Gasteiger partial charge in [0.2, 0.25) is 0 Å². The minimum Gasteiger partial charge on any atom is -0.475 e. The van der Waals surface area contributed by atoms with E-state index in [0.717, 1.165) is 30.3 Å². The molecule has 0 amide bonds. The van der Waals surface area contributed by atoms with Crippen LogP contribution in [0.2, 0.25) is 0 Å². The molecule has 0 spiro atoms. The number of carboxylic acid groups (broad SMARTS) is 1. The van der Waals surface area contributed by atoms with Crippen molar-refractivity contribution in [3.8, 4) is 0 Å². The van der Waals surface area contributed by atoms with Gasteiger partial charge in [-0.2, -0.15) is 31.4 Å². The minimum absolute atomic E-state index is 0.0134. The zero-order chi connectivity index (χ0) is 24.4. The van der Waals surface area contributed by atoms with Crippen LogP contribution in [0.4, 0.5) is 26.3 Å². The van der Waals surface area contributed by atoms with Gasteiger partial charge in [0.1, 0.15) is 5.69 Å². The number of aliphatic carboxylic acids is 1. The molecule has 2 heterocycles. The van der Waals surface area contributed by atoms with Crippen molar-refractivity contribution < 1.29 is 36.2 Å². The summed E-state index contributed by atoms with van der Waals surface area (Å²) >= 11 is 0. The number of halogens is 6. The van der Waals surface area contributed by atoms with Crippen LogP contribution in [-0.2, 0) is 30.0 Å². The maximum atomic E-state index is 13.1. The van der Waals surface area contributed by atoms with Crippen LogP contribution >= 0.6 is 0 Å². The highest BCUT2D eigenvalue weighted by Crippen LogP contribution is 2.66. The van der Waals surface area contributed by atoms with E-state index in [4.69, 9.17) is 9.90 Å². The van der Waals surface area contributed by atoms with E-state index in [2.05, 4.69) is 25.9 Å². The quantitative estimate of drug-likeness (QED) is 0.656. The lowest BCUT2D eigenvalue weighted by atomic mass is 9.70. The molecule has 0 unspecified atom stereocenters. The number of aromatic amines is 1. The zero-order valence-electron chi connectivity index (χ0n) is 17.6. The van der Waals surface area contributed by atoms with Crippen LogP contribution < -0.4 is 5.56 Å². The number of hydrogen-bond acceptors (Lipinski definition) is 3. The fourth-order valence-corrected chi connectivity index (χ4v) is 5.08. The summed E-state index contributed by atoms with van der Waals surface area (Å²) in [6, 6.07) is 0. The number of nitrogens with one attached hydrogen (secondary N) is 1. The summed E-state index contributed by atoms with van der Waals surface area (Å²) in [5, 5.41) is 12.6. The van der Waals surface area contributed by atoms with Gasteiger partial charge in [-0.05, 0) is 24.2 Å². The van der Waals surface area contributed by atoms with E-state index in [9.17, 15) is 31.1 Å². The van der Waals surface area contributed by atoms with E-state index >= 15 is 0 Å². The number of hydrogen-bond donors (Lipinski definition) is 2. The van der Waals surface area contributed by atoms with E-state index < -0.39 is 24.0 Å². The smallest absolute Gasteiger partial charge is 0.475 e. The Kier molecular flexibility index (Phi) is 5.34. The standard InChI is InChI=1S/C17H21F3N4O.C2HF3O2/c1-15(2)10-5-6-16(15,3)13-11(10)14(25)24(23(13)4)8-9-7-21-22-12(9)17(18,19)20;3-2(4,5)1(6)7/h7,10H,5-6,8H2,1-4H3,(H,21,22);(H,6,7)/t10-,16+;/m1./s1. The molecule has 2 aromatic rings. The van der Waals surface area contributed by atoms with Gasteiger partial charge in [-0.3, -0.25) is 14.6 Å². The number of carbonyl (C=O) groups is 1. The highest BCUT2D eigenvalue weighted by Gasteiger charge is 2.62. The highest BCUT2D eigenvalue weighted by molar-refractivity contribution is 5.73. The Morgan fingerprint density at radius 3 is 2.28 bits per heavy atom. The summed E-state index contributed by atoms with van der Waals surface area (Å²) in [4.78, 5) is 21.9. The molecule has 0 aliphatic heterocycles. The third kappa shape index (κ3) is 3.41. The second-order valence-corrected chi connectivity index (χ2v) is 8.86. The molecule has 1 fully saturated rings. The maximum Gasteiger partial charge on any atom is 0.490 e.